The minimum absolute atomic E-state index is 0.0552. The quantitative estimate of drug-likeness (QED) is 0.608. The average Bonchev–Trinajstić information content (AvgIpc) is 2.83. The Hall–Kier alpha value is -1.14. The largest absolute Gasteiger partial charge is 0.379 e. The van der Waals surface area contributed by atoms with Crippen molar-refractivity contribution < 1.29 is 14.3 Å². The van der Waals surface area contributed by atoms with Crippen LogP contribution in [0.1, 0.15) is 20.8 Å². The molecule has 0 aromatic heterocycles. The van der Waals surface area contributed by atoms with Crippen molar-refractivity contribution in [3.05, 3.63) is 0 Å². The zero-order chi connectivity index (χ0) is 14.5. The molecule has 0 radical (unpaired) electrons. The zero-order valence-corrected chi connectivity index (χ0v) is 12.2. The molecule has 1 rings (SSSR count). The molecule has 1 heterocycles. The van der Waals surface area contributed by atoms with Crippen molar-refractivity contribution in [3.8, 4) is 0 Å². The lowest BCUT2D eigenvalue weighted by Crippen LogP contribution is -2.48. The number of amides is 2. The van der Waals surface area contributed by atoms with Crippen molar-refractivity contribution in [2.45, 2.75) is 26.8 Å². The Bertz CT molecular complexity index is 331. The number of nitrogens with one attached hydrogen (secondary N) is 3. The summed E-state index contributed by atoms with van der Waals surface area (Å²) in [6, 6.07) is 0.0631. The molecule has 19 heavy (non-hydrogen) atoms. The molecule has 0 aliphatic carbocycles. The number of carbonyl (C=O) groups excluding carboxylic acids is 2. The number of hydrogen-bond acceptors (Lipinski definition) is 4. The molecule has 1 aliphatic heterocycles. The first kappa shape index (κ1) is 15.9. The van der Waals surface area contributed by atoms with Crippen LogP contribution in [0.5, 0.6) is 0 Å². The number of ether oxygens (including phenoxy) is 1. The highest BCUT2D eigenvalue weighted by molar-refractivity contribution is 5.84. The van der Waals surface area contributed by atoms with E-state index >= 15 is 0 Å². The fourth-order valence-electron chi connectivity index (χ4n) is 2.13. The molecule has 0 bridgehead atoms. The molecular formula is C13H25N3O3. The van der Waals surface area contributed by atoms with Gasteiger partial charge < -0.3 is 20.7 Å². The van der Waals surface area contributed by atoms with Crippen molar-refractivity contribution in [1.82, 2.24) is 16.0 Å². The van der Waals surface area contributed by atoms with E-state index in [9.17, 15) is 9.59 Å². The Morgan fingerprint density at radius 2 is 2.00 bits per heavy atom. The van der Waals surface area contributed by atoms with E-state index in [0.717, 1.165) is 6.54 Å². The molecule has 2 amide bonds. The van der Waals surface area contributed by atoms with Crippen LogP contribution in [0.4, 0.5) is 0 Å². The van der Waals surface area contributed by atoms with Gasteiger partial charge in [-0.3, -0.25) is 9.59 Å². The van der Waals surface area contributed by atoms with Gasteiger partial charge in [0, 0.05) is 19.6 Å². The summed E-state index contributed by atoms with van der Waals surface area (Å²) in [6.07, 6.45) is 0. The maximum atomic E-state index is 12.1. The van der Waals surface area contributed by atoms with E-state index in [1.807, 2.05) is 6.92 Å². The molecule has 0 saturated carbocycles. The number of likely N-dealkylation sites (N-methyl/N-ethyl adjacent to an activating group) is 1. The van der Waals surface area contributed by atoms with Gasteiger partial charge >= 0.3 is 0 Å². The van der Waals surface area contributed by atoms with E-state index in [4.69, 9.17) is 4.74 Å². The average molecular weight is 271 g/mol. The van der Waals surface area contributed by atoms with Gasteiger partial charge in [0.05, 0.1) is 24.5 Å². The first-order valence-corrected chi connectivity index (χ1v) is 6.73. The van der Waals surface area contributed by atoms with Gasteiger partial charge in [-0.2, -0.15) is 0 Å². The maximum absolute atomic E-state index is 12.1. The number of carbonyl (C=O) groups is 2. The van der Waals surface area contributed by atoms with E-state index in [0.29, 0.717) is 19.8 Å². The van der Waals surface area contributed by atoms with Gasteiger partial charge in [0.2, 0.25) is 11.8 Å². The molecule has 0 spiro atoms. The van der Waals surface area contributed by atoms with Gasteiger partial charge in [-0.05, 0) is 20.4 Å². The van der Waals surface area contributed by atoms with Crippen LogP contribution in [0.2, 0.25) is 0 Å². The van der Waals surface area contributed by atoms with E-state index < -0.39 is 5.41 Å². The second-order valence-electron chi connectivity index (χ2n) is 5.49. The Morgan fingerprint density at radius 3 is 2.58 bits per heavy atom. The molecule has 0 aromatic carbocycles. The predicted octanol–water partition coefficient (Wildman–Crippen LogP) is -0.501. The third-order valence-corrected chi connectivity index (χ3v) is 3.43. The highest BCUT2D eigenvalue weighted by Crippen LogP contribution is 2.16. The van der Waals surface area contributed by atoms with Gasteiger partial charge in [-0.15, -0.1) is 0 Å². The van der Waals surface area contributed by atoms with Crippen molar-refractivity contribution in [3.63, 3.8) is 0 Å². The normalized spacial score (nSPS) is 23.2. The lowest BCUT2D eigenvalue weighted by atomic mass is 9.91. The SMILES string of the molecule is CCNC1COCC1C(=O)NCC(C)(C)C(=O)NC. The van der Waals surface area contributed by atoms with Crippen molar-refractivity contribution in [2.75, 3.05) is 33.4 Å². The fraction of sp³-hybridized carbons (Fsp3) is 0.846. The third kappa shape index (κ3) is 4.18. The fourth-order valence-corrected chi connectivity index (χ4v) is 2.13. The van der Waals surface area contributed by atoms with Crippen LogP contribution in [-0.4, -0.2) is 51.2 Å². The summed E-state index contributed by atoms with van der Waals surface area (Å²) < 4.78 is 5.34. The van der Waals surface area contributed by atoms with Gasteiger partial charge in [0.1, 0.15) is 0 Å². The van der Waals surface area contributed by atoms with Crippen LogP contribution < -0.4 is 16.0 Å². The van der Waals surface area contributed by atoms with Crippen LogP contribution in [0.15, 0.2) is 0 Å². The first-order chi connectivity index (χ1) is 8.92. The van der Waals surface area contributed by atoms with Crippen LogP contribution >= 0.6 is 0 Å². The minimum atomic E-state index is -0.614. The summed E-state index contributed by atoms with van der Waals surface area (Å²) in [6.45, 7) is 7.73. The summed E-state index contributed by atoms with van der Waals surface area (Å²) in [5.74, 6) is -0.320. The lowest BCUT2D eigenvalue weighted by Gasteiger charge is -2.25. The van der Waals surface area contributed by atoms with E-state index in [2.05, 4.69) is 16.0 Å². The molecule has 2 atom stereocenters. The second-order valence-corrected chi connectivity index (χ2v) is 5.49. The van der Waals surface area contributed by atoms with E-state index in [1.54, 1.807) is 20.9 Å². The van der Waals surface area contributed by atoms with Gasteiger partial charge in [-0.25, -0.2) is 0 Å². The predicted molar refractivity (Wildman–Crippen MR) is 72.6 cm³/mol. The molecule has 110 valence electrons. The molecule has 1 aliphatic rings. The second kappa shape index (κ2) is 6.86. The lowest BCUT2D eigenvalue weighted by molar-refractivity contribution is -0.130. The number of hydrogen-bond donors (Lipinski definition) is 3. The molecule has 2 unspecified atom stereocenters. The third-order valence-electron chi connectivity index (χ3n) is 3.43. The molecular weight excluding hydrogens is 246 g/mol. The standard InChI is InChI=1S/C13H25N3O3/c1-5-15-10-7-19-6-9(10)11(17)16-8-13(2,3)12(18)14-4/h9-10,15H,5-8H2,1-4H3,(H,14,18)(H,16,17). The highest BCUT2D eigenvalue weighted by Gasteiger charge is 2.35. The topological polar surface area (TPSA) is 79.5 Å². The summed E-state index contributed by atoms with van der Waals surface area (Å²) >= 11 is 0. The monoisotopic (exact) mass is 271 g/mol. The molecule has 3 N–H and O–H groups in total. The summed E-state index contributed by atoms with van der Waals surface area (Å²) in [5, 5.41) is 8.69. The maximum Gasteiger partial charge on any atom is 0.227 e. The summed E-state index contributed by atoms with van der Waals surface area (Å²) in [7, 11) is 1.60. The van der Waals surface area contributed by atoms with Crippen molar-refractivity contribution in [1.29, 1.82) is 0 Å². The Morgan fingerprint density at radius 1 is 1.32 bits per heavy atom. The Kier molecular flexibility index (Phi) is 5.75. The zero-order valence-electron chi connectivity index (χ0n) is 12.2. The molecule has 6 heteroatoms. The van der Waals surface area contributed by atoms with E-state index in [1.165, 1.54) is 0 Å². The minimum Gasteiger partial charge on any atom is -0.379 e. The highest BCUT2D eigenvalue weighted by atomic mass is 16.5. The van der Waals surface area contributed by atoms with Gasteiger partial charge in [0.15, 0.2) is 0 Å². The van der Waals surface area contributed by atoms with Crippen molar-refractivity contribution >= 4 is 11.8 Å². The smallest absolute Gasteiger partial charge is 0.227 e. The van der Waals surface area contributed by atoms with Crippen molar-refractivity contribution in [2.24, 2.45) is 11.3 Å². The van der Waals surface area contributed by atoms with Gasteiger partial charge in [-0.1, -0.05) is 6.92 Å². The Balaban J connectivity index is 2.49. The van der Waals surface area contributed by atoms with Crippen LogP contribution in [-0.2, 0) is 14.3 Å². The van der Waals surface area contributed by atoms with Crippen LogP contribution in [0.25, 0.3) is 0 Å². The van der Waals surface area contributed by atoms with E-state index in [-0.39, 0.29) is 23.8 Å². The van der Waals surface area contributed by atoms with Gasteiger partial charge in [0.25, 0.3) is 0 Å². The molecule has 1 fully saturated rings. The van der Waals surface area contributed by atoms with Crippen LogP contribution in [0, 0.1) is 11.3 Å². The molecule has 6 nitrogen and oxygen atoms in total. The molecule has 0 aromatic rings. The number of rotatable bonds is 6. The summed E-state index contributed by atoms with van der Waals surface area (Å²) in [5.41, 5.74) is -0.614. The summed E-state index contributed by atoms with van der Waals surface area (Å²) in [4.78, 5) is 23.8. The van der Waals surface area contributed by atoms with Crippen LogP contribution in [0.3, 0.4) is 0 Å². The molecule has 1 saturated heterocycles. The first-order valence-electron chi connectivity index (χ1n) is 6.73. The Labute approximate surface area is 114 Å².